The van der Waals surface area contributed by atoms with Gasteiger partial charge in [0.15, 0.2) is 11.5 Å². The summed E-state index contributed by atoms with van der Waals surface area (Å²) in [6.07, 6.45) is 2.84. The summed E-state index contributed by atoms with van der Waals surface area (Å²) >= 11 is 0. The van der Waals surface area contributed by atoms with Gasteiger partial charge >= 0.3 is 6.61 Å². The lowest BCUT2D eigenvalue weighted by molar-refractivity contribution is -0.118. The van der Waals surface area contributed by atoms with Crippen LogP contribution in [0.4, 0.5) is 14.5 Å². The molecule has 2 aromatic rings. The topological polar surface area (TPSA) is 81.9 Å². The Bertz CT molecular complexity index is 841. The Kier molecular flexibility index (Phi) is 7.50. The average Bonchev–Trinajstić information content (AvgIpc) is 2.67. The maximum atomic E-state index is 12.6. The highest BCUT2D eigenvalue weighted by molar-refractivity contribution is 6.04. The van der Waals surface area contributed by atoms with E-state index in [2.05, 4.69) is 4.74 Å². The number of alkyl halides is 2. The van der Waals surface area contributed by atoms with Crippen LogP contribution in [0.25, 0.3) is 6.08 Å². The van der Waals surface area contributed by atoms with Gasteiger partial charge in [0.05, 0.1) is 7.11 Å². The van der Waals surface area contributed by atoms with E-state index in [0.717, 1.165) is 0 Å². The highest BCUT2D eigenvalue weighted by Gasteiger charge is 2.14. The lowest BCUT2D eigenvalue weighted by Gasteiger charge is -2.20. The van der Waals surface area contributed by atoms with Gasteiger partial charge in [0, 0.05) is 24.7 Å². The van der Waals surface area contributed by atoms with Gasteiger partial charge in [0.1, 0.15) is 0 Å². The second-order valence-electron chi connectivity index (χ2n) is 5.66. The van der Waals surface area contributed by atoms with Gasteiger partial charge in [-0.15, -0.1) is 0 Å². The summed E-state index contributed by atoms with van der Waals surface area (Å²) in [4.78, 5) is 25.2. The molecule has 0 unspecified atom stereocenters. The van der Waals surface area contributed by atoms with Crippen LogP contribution in [0.15, 0.2) is 54.6 Å². The number of ether oxygens (including phenoxy) is 2. The molecule has 6 nitrogen and oxygen atoms in total. The molecule has 2 N–H and O–H groups in total. The van der Waals surface area contributed by atoms with Crippen LogP contribution in [-0.2, 0) is 9.59 Å². The SMILES string of the molecule is COc1cc(C=CC(=O)N(CCC(N)=O)c2ccccc2)ccc1OC(F)F. The third kappa shape index (κ3) is 6.08. The van der Waals surface area contributed by atoms with Crippen molar-refractivity contribution in [2.24, 2.45) is 5.73 Å². The van der Waals surface area contributed by atoms with Crippen LogP contribution in [0.1, 0.15) is 12.0 Å². The van der Waals surface area contributed by atoms with Crippen LogP contribution >= 0.6 is 0 Å². The first kappa shape index (κ1) is 20.9. The van der Waals surface area contributed by atoms with Crippen molar-refractivity contribution in [1.29, 1.82) is 0 Å². The summed E-state index contributed by atoms with van der Waals surface area (Å²) in [5, 5.41) is 0. The fraction of sp³-hybridized carbons (Fsp3) is 0.200. The molecule has 0 aliphatic carbocycles. The summed E-state index contributed by atoms with van der Waals surface area (Å²) < 4.78 is 34.2. The van der Waals surface area contributed by atoms with Gasteiger partial charge in [0.25, 0.3) is 5.91 Å². The van der Waals surface area contributed by atoms with Crippen molar-refractivity contribution in [2.75, 3.05) is 18.6 Å². The number of nitrogens with two attached hydrogens (primary N) is 1. The number of carbonyl (C=O) groups is 2. The molecule has 28 heavy (non-hydrogen) atoms. The fourth-order valence-corrected chi connectivity index (χ4v) is 2.44. The van der Waals surface area contributed by atoms with Gasteiger partial charge in [0.2, 0.25) is 5.91 Å². The lowest BCUT2D eigenvalue weighted by atomic mass is 10.1. The van der Waals surface area contributed by atoms with Gasteiger partial charge in [-0.25, -0.2) is 0 Å². The standard InChI is InChI=1S/C20H20F2N2O4/c1-27-17-13-14(7-9-16(17)28-20(21)22)8-10-19(26)24(12-11-18(23)25)15-5-3-2-4-6-15/h2-10,13,20H,11-12H2,1H3,(H2,23,25). The summed E-state index contributed by atoms with van der Waals surface area (Å²) in [6.45, 7) is -2.84. The van der Waals surface area contributed by atoms with Crippen LogP contribution < -0.4 is 20.1 Å². The third-order valence-electron chi connectivity index (χ3n) is 3.74. The number of hydrogen-bond donors (Lipinski definition) is 1. The van der Waals surface area contributed by atoms with Crippen molar-refractivity contribution in [3.8, 4) is 11.5 Å². The van der Waals surface area contributed by atoms with Crippen molar-refractivity contribution in [2.45, 2.75) is 13.0 Å². The number of amides is 2. The van der Waals surface area contributed by atoms with E-state index in [-0.39, 0.29) is 30.4 Å². The Hall–Kier alpha value is -3.42. The first-order valence-electron chi connectivity index (χ1n) is 8.36. The van der Waals surface area contributed by atoms with E-state index in [0.29, 0.717) is 11.3 Å². The van der Waals surface area contributed by atoms with Crippen molar-refractivity contribution in [3.63, 3.8) is 0 Å². The van der Waals surface area contributed by atoms with Crippen LogP contribution in [0.2, 0.25) is 0 Å². The molecule has 2 amide bonds. The van der Waals surface area contributed by atoms with E-state index >= 15 is 0 Å². The molecule has 148 valence electrons. The molecule has 2 rings (SSSR count). The minimum absolute atomic E-state index is 0.0158. The van der Waals surface area contributed by atoms with E-state index in [4.69, 9.17) is 10.5 Å². The van der Waals surface area contributed by atoms with E-state index < -0.39 is 12.5 Å². The minimum atomic E-state index is -2.97. The summed E-state index contributed by atoms with van der Waals surface area (Å²) in [5.74, 6) is -0.867. The Balaban J connectivity index is 2.19. The Morgan fingerprint density at radius 2 is 1.86 bits per heavy atom. The maximum absolute atomic E-state index is 12.6. The molecule has 8 heteroatoms. The van der Waals surface area contributed by atoms with Crippen LogP contribution in [0.5, 0.6) is 11.5 Å². The molecule has 0 atom stereocenters. The zero-order chi connectivity index (χ0) is 20.5. The molecule has 0 spiro atoms. The minimum Gasteiger partial charge on any atom is -0.493 e. The van der Waals surface area contributed by atoms with E-state index in [1.54, 1.807) is 24.3 Å². The molecule has 0 radical (unpaired) electrons. The molecule has 2 aromatic carbocycles. The zero-order valence-electron chi connectivity index (χ0n) is 15.2. The third-order valence-corrected chi connectivity index (χ3v) is 3.74. The monoisotopic (exact) mass is 390 g/mol. The largest absolute Gasteiger partial charge is 0.493 e. The quantitative estimate of drug-likeness (QED) is 0.667. The van der Waals surface area contributed by atoms with Crippen molar-refractivity contribution >= 4 is 23.6 Å². The zero-order valence-corrected chi connectivity index (χ0v) is 15.2. The molecule has 0 aromatic heterocycles. The number of primary amides is 1. The van der Waals surface area contributed by atoms with Gasteiger partial charge < -0.3 is 20.1 Å². The number of rotatable bonds is 9. The number of methoxy groups -OCH3 is 1. The van der Waals surface area contributed by atoms with Crippen LogP contribution in [0.3, 0.4) is 0 Å². The van der Waals surface area contributed by atoms with Gasteiger partial charge in [-0.1, -0.05) is 24.3 Å². The number of hydrogen-bond acceptors (Lipinski definition) is 4. The molecule has 0 bridgehead atoms. The normalized spacial score (nSPS) is 10.9. The molecule has 0 aliphatic heterocycles. The smallest absolute Gasteiger partial charge is 0.387 e. The molecule has 0 aliphatic rings. The molecule has 0 fully saturated rings. The Morgan fingerprint density at radius 3 is 2.46 bits per heavy atom. The predicted molar refractivity (Wildman–Crippen MR) is 101 cm³/mol. The van der Waals surface area contributed by atoms with Crippen molar-refractivity contribution < 1.29 is 27.8 Å². The summed E-state index contributed by atoms with van der Waals surface area (Å²) in [6, 6.07) is 13.2. The van der Waals surface area contributed by atoms with Gasteiger partial charge in [-0.2, -0.15) is 8.78 Å². The first-order valence-corrected chi connectivity index (χ1v) is 8.36. The second kappa shape index (κ2) is 10.1. The lowest BCUT2D eigenvalue weighted by Crippen LogP contribution is -2.32. The number of anilines is 1. The van der Waals surface area contributed by atoms with E-state index in [1.807, 2.05) is 6.07 Å². The van der Waals surface area contributed by atoms with Crippen molar-refractivity contribution in [3.05, 3.63) is 60.2 Å². The molecular weight excluding hydrogens is 370 g/mol. The number of carbonyl (C=O) groups excluding carboxylic acids is 2. The van der Waals surface area contributed by atoms with E-state index in [1.165, 1.54) is 42.4 Å². The van der Waals surface area contributed by atoms with Crippen molar-refractivity contribution in [1.82, 2.24) is 0 Å². The Labute approximate surface area is 161 Å². The number of nitrogens with zero attached hydrogens (tertiary/aromatic N) is 1. The van der Waals surface area contributed by atoms with Gasteiger partial charge in [-0.05, 0) is 35.9 Å². The predicted octanol–water partition coefficient (Wildman–Crippen LogP) is 3.22. The van der Waals surface area contributed by atoms with Crippen LogP contribution in [-0.4, -0.2) is 32.1 Å². The number of benzene rings is 2. The van der Waals surface area contributed by atoms with Crippen LogP contribution in [0, 0.1) is 0 Å². The second-order valence-corrected chi connectivity index (χ2v) is 5.66. The number of halogens is 2. The van der Waals surface area contributed by atoms with E-state index in [9.17, 15) is 18.4 Å². The molecule has 0 saturated heterocycles. The molecule has 0 saturated carbocycles. The summed E-state index contributed by atoms with van der Waals surface area (Å²) in [5.41, 5.74) is 6.36. The number of para-hydroxylation sites is 1. The highest BCUT2D eigenvalue weighted by atomic mass is 19.3. The van der Waals surface area contributed by atoms with Gasteiger partial charge in [-0.3, -0.25) is 9.59 Å². The summed E-state index contributed by atoms with van der Waals surface area (Å²) in [7, 11) is 1.33. The Morgan fingerprint density at radius 1 is 1.14 bits per heavy atom. The maximum Gasteiger partial charge on any atom is 0.387 e. The first-order chi connectivity index (χ1) is 13.4. The fourth-order valence-electron chi connectivity index (χ4n) is 2.44. The molecular formula is C20H20F2N2O4. The molecule has 0 heterocycles. The average molecular weight is 390 g/mol. The highest BCUT2D eigenvalue weighted by Crippen LogP contribution is 2.30.